The van der Waals surface area contributed by atoms with Crippen LogP contribution in [0.4, 0.5) is 5.69 Å². The number of hydrogen-bond acceptors (Lipinski definition) is 8. The van der Waals surface area contributed by atoms with E-state index in [-0.39, 0.29) is 48.8 Å². The monoisotopic (exact) mass is 443 g/mol. The highest BCUT2D eigenvalue weighted by atomic mass is 16.6. The molecule has 32 heavy (non-hydrogen) atoms. The van der Waals surface area contributed by atoms with Crippen molar-refractivity contribution in [2.75, 3.05) is 26.1 Å². The quantitative estimate of drug-likeness (QED) is 0.714. The second-order valence-corrected chi connectivity index (χ2v) is 7.94. The lowest BCUT2D eigenvalue weighted by atomic mass is 9.94. The maximum absolute atomic E-state index is 13.2. The number of ether oxygens (including phenoxy) is 3. The Balaban J connectivity index is 1.51. The molecule has 2 aliphatic heterocycles. The van der Waals surface area contributed by atoms with E-state index in [0.717, 1.165) is 0 Å². The molecule has 0 aliphatic carbocycles. The number of benzene rings is 1. The predicted octanol–water partition coefficient (Wildman–Crippen LogP) is 2.18. The van der Waals surface area contributed by atoms with Gasteiger partial charge in [0.25, 0.3) is 11.8 Å². The molecule has 3 heterocycles. The number of nitrogens with zero attached hydrogens (tertiary/aromatic N) is 2. The van der Waals surface area contributed by atoms with E-state index in [1.165, 1.54) is 13.2 Å². The molecular formula is C22H25N3O7. The van der Waals surface area contributed by atoms with Crippen LogP contribution in [0.25, 0.3) is 0 Å². The molecule has 10 heteroatoms. The first-order valence-electron chi connectivity index (χ1n) is 10.4. The van der Waals surface area contributed by atoms with Crippen LogP contribution in [0.15, 0.2) is 28.8 Å². The number of carbonyl (C=O) groups is 3. The van der Waals surface area contributed by atoms with Gasteiger partial charge in [-0.1, -0.05) is 5.16 Å². The first-order chi connectivity index (χ1) is 15.4. The Morgan fingerprint density at radius 2 is 2.09 bits per heavy atom. The summed E-state index contributed by atoms with van der Waals surface area (Å²) in [5, 5.41) is 6.42. The Hall–Kier alpha value is -3.40. The van der Waals surface area contributed by atoms with Gasteiger partial charge in [-0.2, -0.15) is 0 Å². The van der Waals surface area contributed by atoms with Crippen LogP contribution in [-0.2, 0) is 14.3 Å². The van der Waals surface area contributed by atoms with Crippen LogP contribution in [0.2, 0.25) is 0 Å². The Kier molecular flexibility index (Phi) is 6.13. The molecule has 2 aliphatic rings. The average molecular weight is 443 g/mol. The van der Waals surface area contributed by atoms with Crippen molar-refractivity contribution in [1.82, 2.24) is 10.1 Å². The molecule has 0 bridgehead atoms. The standard InChI is InChI=1S/C22H25N3O7/c1-12-8-16(24-32-12)21(27)23-13-4-7-18-15(9-13)22(28)25(2)17-6-5-14(10-20(26)29-3)31-19(17)11-30-18/h4,7-9,14,17,19H,5-6,10-11H2,1-3H3,(H,23,27)/t14-,17+,19-/m1/s1. The van der Waals surface area contributed by atoms with Gasteiger partial charge in [-0.15, -0.1) is 0 Å². The molecule has 1 saturated heterocycles. The number of rotatable bonds is 4. The van der Waals surface area contributed by atoms with Crippen molar-refractivity contribution < 1.29 is 33.1 Å². The zero-order chi connectivity index (χ0) is 22.8. The normalized spacial score (nSPS) is 22.7. The fraction of sp³-hybridized carbons (Fsp3) is 0.455. The van der Waals surface area contributed by atoms with Gasteiger partial charge in [0.15, 0.2) is 5.69 Å². The van der Waals surface area contributed by atoms with Crippen LogP contribution in [0.5, 0.6) is 5.75 Å². The number of methoxy groups -OCH3 is 1. The molecule has 0 saturated carbocycles. The third kappa shape index (κ3) is 4.45. The van der Waals surface area contributed by atoms with Gasteiger partial charge in [-0.3, -0.25) is 14.4 Å². The first kappa shape index (κ1) is 21.8. The number of amides is 2. The molecule has 0 unspecified atom stereocenters. The molecule has 4 rings (SSSR count). The van der Waals surface area contributed by atoms with Crippen molar-refractivity contribution in [3.8, 4) is 5.75 Å². The van der Waals surface area contributed by atoms with Crippen molar-refractivity contribution in [3.05, 3.63) is 41.3 Å². The smallest absolute Gasteiger partial charge is 0.308 e. The number of aromatic nitrogens is 1. The van der Waals surface area contributed by atoms with Gasteiger partial charge >= 0.3 is 5.97 Å². The topological polar surface area (TPSA) is 120 Å². The van der Waals surface area contributed by atoms with E-state index in [1.807, 2.05) is 0 Å². The average Bonchev–Trinajstić information content (AvgIpc) is 3.23. The van der Waals surface area contributed by atoms with E-state index in [0.29, 0.717) is 35.6 Å². The maximum Gasteiger partial charge on any atom is 0.308 e. The van der Waals surface area contributed by atoms with Gasteiger partial charge in [0.2, 0.25) is 0 Å². The fourth-order valence-corrected chi connectivity index (χ4v) is 4.04. The fourth-order valence-electron chi connectivity index (χ4n) is 4.04. The number of likely N-dealkylation sites (N-methyl/N-ethyl adjacent to an activating group) is 1. The summed E-state index contributed by atoms with van der Waals surface area (Å²) in [6, 6.07) is 6.21. The number of nitrogens with one attached hydrogen (secondary N) is 1. The van der Waals surface area contributed by atoms with Crippen molar-refractivity contribution in [2.45, 2.75) is 44.4 Å². The van der Waals surface area contributed by atoms with Crippen molar-refractivity contribution in [1.29, 1.82) is 0 Å². The van der Waals surface area contributed by atoms with E-state index in [2.05, 4.69) is 10.5 Å². The third-order valence-corrected chi connectivity index (χ3v) is 5.75. The highest BCUT2D eigenvalue weighted by Crippen LogP contribution is 2.32. The van der Waals surface area contributed by atoms with E-state index >= 15 is 0 Å². The third-order valence-electron chi connectivity index (χ3n) is 5.75. The Morgan fingerprint density at radius 1 is 1.28 bits per heavy atom. The molecular weight excluding hydrogens is 418 g/mol. The zero-order valence-electron chi connectivity index (χ0n) is 18.1. The van der Waals surface area contributed by atoms with E-state index < -0.39 is 5.91 Å². The lowest BCUT2D eigenvalue weighted by Gasteiger charge is -2.42. The summed E-state index contributed by atoms with van der Waals surface area (Å²) in [6.07, 6.45) is 0.841. The van der Waals surface area contributed by atoms with Crippen molar-refractivity contribution >= 4 is 23.5 Å². The number of hydrogen-bond donors (Lipinski definition) is 1. The molecule has 170 valence electrons. The van der Waals surface area contributed by atoms with Gasteiger partial charge in [0, 0.05) is 18.8 Å². The van der Waals surface area contributed by atoms with Crippen LogP contribution < -0.4 is 10.1 Å². The van der Waals surface area contributed by atoms with Crippen LogP contribution in [0, 0.1) is 6.92 Å². The molecule has 1 N–H and O–H groups in total. The van der Waals surface area contributed by atoms with Gasteiger partial charge in [-0.05, 0) is 38.0 Å². The summed E-state index contributed by atoms with van der Waals surface area (Å²) < 4.78 is 21.6. The minimum atomic E-state index is -0.438. The Morgan fingerprint density at radius 3 is 2.81 bits per heavy atom. The van der Waals surface area contributed by atoms with Gasteiger partial charge < -0.3 is 29.0 Å². The molecule has 2 amide bonds. The number of carbonyl (C=O) groups excluding carboxylic acids is 3. The molecule has 1 aromatic carbocycles. The molecule has 1 fully saturated rings. The van der Waals surface area contributed by atoms with E-state index in [9.17, 15) is 14.4 Å². The predicted molar refractivity (Wildman–Crippen MR) is 112 cm³/mol. The Bertz CT molecular complexity index is 1030. The van der Waals surface area contributed by atoms with E-state index in [4.69, 9.17) is 18.7 Å². The summed E-state index contributed by atoms with van der Waals surface area (Å²) in [7, 11) is 3.07. The second kappa shape index (κ2) is 8.99. The van der Waals surface area contributed by atoms with Crippen LogP contribution in [-0.4, -0.2) is 66.9 Å². The number of aryl methyl sites for hydroxylation is 1. The zero-order valence-corrected chi connectivity index (χ0v) is 18.1. The highest BCUT2D eigenvalue weighted by molar-refractivity contribution is 6.04. The van der Waals surface area contributed by atoms with Crippen molar-refractivity contribution in [2.24, 2.45) is 0 Å². The molecule has 0 spiro atoms. The SMILES string of the molecule is COC(=O)C[C@H]1CC[C@H]2[C@@H](COc3ccc(NC(=O)c4cc(C)on4)cc3C(=O)N2C)O1. The lowest BCUT2D eigenvalue weighted by molar-refractivity contribution is -0.151. The summed E-state index contributed by atoms with van der Waals surface area (Å²) >= 11 is 0. The highest BCUT2D eigenvalue weighted by Gasteiger charge is 2.39. The van der Waals surface area contributed by atoms with E-state index in [1.54, 1.807) is 37.1 Å². The van der Waals surface area contributed by atoms with Crippen LogP contribution in [0.1, 0.15) is 45.9 Å². The summed E-state index contributed by atoms with van der Waals surface area (Å²) in [4.78, 5) is 38.9. The maximum atomic E-state index is 13.2. The van der Waals surface area contributed by atoms with Gasteiger partial charge in [-0.25, -0.2) is 0 Å². The molecule has 1 aromatic heterocycles. The number of esters is 1. The lowest BCUT2D eigenvalue weighted by Crippen LogP contribution is -2.53. The Labute approximate surface area is 184 Å². The molecule has 0 radical (unpaired) electrons. The minimum absolute atomic E-state index is 0.151. The summed E-state index contributed by atoms with van der Waals surface area (Å²) in [5.74, 6) is -0.0823. The molecule has 2 aromatic rings. The first-order valence-corrected chi connectivity index (χ1v) is 10.4. The van der Waals surface area contributed by atoms with Gasteiger partial charge in [0.1, 0.15) is 24.2 Å². The van der Waals surface area contributed by atoms with Crippen LogP contribution in [0.3, 0.4) is 0 Å². The van der Waals surface area contributed by atoms with Gasteiger partial charge in [0.05, 0.1) is 31.2 Å². The number of anilines is 1. The summed E-state index contributed by atoms with van der Waals surface area (Å²) in [5.41, 5.74) is 0.935. The second-order valence-electron chi connectivity index (χ2n) is 7.94. The largest absolute Gasteiger partial charge is 0.490 e. The summed E-state index contributed by atoms with van der Waals surface area (Å²) in [6.45, 7) is 1.93. The number of fused-ring (bicyclic) bond motifs is 2. The molecule has 3 atom stereocenters. The van der Waals surface area contributed by atoms with Crippen LogP contribution >= 0.6 is 0 Å². The van der Waals surface area contributed by atoms with Crippen molar-refractivity contribution in [3.63, 3.8) is 0 Å². The minimum Gasteiger partial charge on any atom is -0.490 e. The molecule has 10 nitrogen and oxygen atoms in total.